The Morgan fingerprint density at radius 2 is 1.78 bits per heavy atom. The standard InChI is InChI=1S/C26H33N3O6S2/c1-5-33-14-13-29-23-12-9-21(34-6-2)15-24(23)36-26(29)27-25(30)20-7-10-22(11-8-20)37(31,32)28-16-18(3)35-19(4)17-28/h7-12,15,18-19H,5-6,13-14,16-17H2,1-4H3/t18-,19+. The topological polar surface area (TPSA) is 99.4 Å². The van der Waals surface area contributed by atoms with Gasteiger partial charge in [-0.25, -0.2) is 8.42 Å². The van der Waals surface area contributed by atoms with Crippen LogP contribution in [0.5, 0.6) is 5.75 Å². The Kier molecular flexibility index (Phi) is 8.81. The molecule has 1 aliphatic rings. The van der Waals surface area contributed by atoms with E-state index < -0.39 is 15.9 Å². The van der Waals surface area contributed by atoms with Crippen LogP contribution in [0.2, 0.25) is 0 Å². The third-order valence-electron chi connectivity index (χ3n) is 5.95. The van der Waals surface area contributed by atoms with E-state index in [-0.39, 0.29) is 17.1 Å². The van der Waals surface area contributed by atoms with Crippen molar-refractivity contribution in [1.82, 2.24) is 8.87 Å². The molecule has 1 amide bonds. The summed E-state index contributed by atoms with van der Waals surface area (Å²) < 4.78 is 47.4. The number of hydrogen-bond donors (Lipinski definition) is 0. The SMILES string of the molecule is CCOCCn1c(=NC(=O)c2ccc(S(=O)(=O)N3C[C@@H](C)O[C@@H](C)C3)cc2)sc2cc(OCC)ccc21. The van der Waals surface area contributed by atoms with Crippen LogP contribution >= 0.6 is 11.3 Å². The van der Waals surface area contributed by atoms with Crippen LogP contribution in [0.3, 0.4) is 0 Å². The number of carbonyl (C=O) groups is 1. The number of morpholine rings is 1. The normalized spacial score (nSPS) is 19.4. The van der Waals surface area contributed by atoms with Crippen molar-refractivity contribution in [2.24, 2.45) is 4.99 Å². The summed E-state index contributed by atoms with van der Waals surface area (Å²) in [5, 5.41) is 0. The Hall–Kier alpha value is -2.57. The highest BCUT2D eigenvalue weighted by Crippen LogP contribution is 2.24. The van der Waals surface area contributed by atoms with Gasteiger partial charge in [0.25, 0.3) is 5.91 Å². The van der Waals surface area contributed by atoms with E-state index in [4.69, 9.17) is 14.2 Å². The molecular weight excluding hydrogens is 514 g/mol. The lowest BCUT2D eigenvalue weighted by Crippen LogP contribution is -2.48. The van der Waals surface area contributed by atoms with Gasteiger partial charge in [0.05, 0.1) is 40.5 Å². The Labute approximate surface area is 221 Å². The maximum absolute atomic E-state index is 13.1. The number of thiazole rings is 1. The molecule has 11 heteroatoms. The van der Waals surface area contributed by atoms with Crippen LogP contribution in [-0.2, 0) is 26.0 Å². The second-order valence-corrected chi connectivity index (χ2v) is 11.8. The van der Waals surface area contributed by atoms with E-state index in [1.165, 1.54) is 39.9 Å². The van der Waals surface area contributed by atoms with Gasteiger partial charge in [-0.05, 0) is 70.2 Å². The molecule has 4 rings (SSSR count). The van der Waals surface area contributed by atoms with E-state index in [1.54, 1.807) is 0 Å². The lowest BCUT2D eigenvalue weighted by Gasteiger charge is -2.34. The van der Waals surface area contributed by atoms with Gasteiger partial charge in [-0.15, -0.1) is 0 Å². The number of amides is 1. The summed E-state index contributed by atoms with van der Waals surface area (Å²) >= 11 is 1.40. The van der Waals surface area contributed by atoms with Crippen LogP contribution in [0.15, 0.2) is 52.4 Å². The molecule has 37 heavy (non-hydrogen) atoms. The van der Waals surface area contributed by atoms with Crippen LogP contribution in [-0.4, -0.2) is 68.3 Å². The minimum Gasteiger partial charge on any atom is -0.494 e. The Morgan fingerprint density at radius 3 is 2.43 bits per heavy atom. The Balaban J connectivity index is 1.62. The van der Waals surface area contributed by atoms with Crippen molar-refractivity contribution >= 4 is 37.5 Å². The fourth-order valence-electron chi connectivity index (χ4n) is 4.31. The molecule has 0 N–H and O–H groups in total. The number of hydrogen-bond acceptors (Lipinski definition) is 7. The first-order valence-electron chi connectivity index (χ1n) is 12.4. The third-order valence-corrected chi connectivity index (χ3v) is 8.84. The molecule has 200 valence electrons. The van der Waals surface area contributed by atoms with E-state index in [2.05, 4.69) is 4.99 Å². The summed E-state index contributed by atoms with van der Waals surface area (Å²) in [7, 11) is -3.69. The zero-order valence-electron chi connectivity index (χ0n) is 21.5. The molecule has 2 heterocycles. The van der Waals surface area contributed by atoms with Crippen molar-refractivity contribution in [2.45, 2.75) is 51.3 Å². The average Bonchev–Trinajstić information content (AvgIpc) is 3.20. The second-order valence-electron chi connectivity index (χ2n) is 8.82. The average molecular weight is 548 g/mol. The van der Waals surface area contributed by atoms with Crippen molar-refractivity contribution in [2.75, 3.05) is 32.9 Å². The monoisotopic (exact) mass is 547 g/mol. The van der Waals surface area contributed by atoms with Gasteiger partial charge in [-0.2, -0.15) is 9.30 Å². The van der Waals surface area contributed by atoms with Crippen molar-refractivity contribution in [3.8, 4) is 5.75 Å². The molecule has 0 radical (unpaired) electrons. The molecule has 0 aliphatic carbocycles. The lowest BCUT2D eigenvalue weighted by molar-refractivity contribution is -0.0440. The molecule has 1 fully saturated rings. The first-order valence-corrected chi connectivity index (χ1v) is 14.7. The highest BCUT2D eigenvalue weighted by molar-refractivity contribution is 7.89. The first-order chi connectivity index (χ1) is 17.7. The van der Waals surface area contributed by atoms with Crippen LogP contribution in [0, 0.1) is 0 Å². The second kappa shape index (κ2) is 11.9. The third kappa shape index (κ3) is 6.29. The molecule has 1 aromatic heterocycles. The van der Waals surface area contributed by atoms with E-state index in [0.29, 0.717) is 49.8 Å². The molecule has 0 spiro atoms. The molecule has 0 unspecified atom stereocenters. The quantitative estimate of drug-likeness (QED) is 0.379. The number of benzene rings is 2. The molecule has 2 atom stereocenters. The summed E-state index contributed by atoms with van der Waals surface area (Å²) in [4.78, 5) is 18.2. The van der Waals surface area contributed by atoms with Crippen LogP contribution in [0.4, 0.5) is 0 Å². The zero-order chi connectivity index (χ0) is 26.6. The molecule has 1 saturated heterocycles. The maximum Gasteiger partial charge on any atom is 0.279 e. The minimum absolute atomic E-state index is 0.141. The highest BCUT2D eigenvalue weighted by Gasteiger charge is 2.32. The first kappa shape index (κ1) is 27.5. The summed E-state index contributed by atoms with van der Waals surface area (Å²) in [6.45, 7) is 10.3. The zero-order valence-corrected chi connectivity index (χ0v) is 23.2. The van der Waals surface area contributed by atoms with Crippen LogP contribution in [0.25, 0.3) is 10.2 Å². The predicted octanol–water partition coefficient (Wildman–Crippen LogP) is 3.68. The summed E-state index contributed by atoms with van der Waals surface area (Å²) in [5.74, 6) is 0.311. The van der Waals surface area contributed by atoms with Gasteiger partial charge in [0, 0.05) is 31.8 Å². The minimum atomic E-state index is -3.69. The van der Waals surface area contributed by atoms with Gasteiger partial charge in [-0.1, -0.05) is 11.3 Å². The van der Waals surface area contributed by atoms with E-state index in [9.17, 15) is 13.2 Å². The van der Waals surface area contributed by atoms with Crippen molar-refractivity contribution in [3.63, 3.8) is 0 Å². The Morgan fingerprint density at radius 1 is 1.08 bits per heavy atom. The smallest absolute Gasteiger partial charge is 0.279 e. The molecule has 0 saturated carbocycles. The van der Waals surface area contributed by atoms with Gasteiger partial charge >= 0.3 is 0 Å². The largest absolute Gasteiger partial charge is 0.494 e. The fraction of sp³-hybridized carbons (Fsp3) is 0.462. The molecular formula is C26H33N3O6S2. The van der Waals surface area contributed by atoms with E-state index in [0.717, 1.165) is 16.0 Å². The molecule has 9 nitrogen and oxygen atoms in total. The molecule has 2 aromatic carbocycles. The predicted molar refractivity (Wildman–Crippen MR) is 143 cm³/mol. The number of nitrogens with zero attached hydrogens (tertiary/aromatic N) is 3. The number of aromatic nitrogens is 1. The van der Waals surface area contributed by atoms with Crippen molar-refractivity contribution < 1.29 is 27.4 Å². The number of carbonyl (C=O) groups excluding carboxylic acids is 1. The van der Waals surface area contributed by atoms with Crippen molar-refractivity contribution in [3.05, 3.63) is 52.8 Å². The molecule has 0 bridgehead atoms. The van der Waals surface area contributed by atoms with Gasteiger partial charge in [0.1, 0.15) is 5.75 Å². The van der Waals surface area contributed by atoms with Crippen molar-refractivity contribution in [1.29, 1.82) is 0 Å². The summed E-state index contributed by atoms with van der Waals surface area (Å²) in [5.41, 5.74) is 1.25. The highest BCUT2D eigenvalue weighted by atomic mass is 32.2. The number of fused-ring (bicyclic) bond motifs is 1. The summed E-state index contributed by atoms with van der Waals surface area (Å²) in [6, 6.07) is 11.7. The number of sulfonamides is 1. The van der Waals surface area contributed by atoms with Gasteiger partial charge < -0.3 is 18.8 Å². The molecule has 3 aromatic rings. The maximum atomic E-state index is 13.1. The number of rotatable bonds is 9. The van der Waals surface area contributed by atoms with E-state index >= 15 is 0 Å². The molecule has 1 aliphatic heterocycles. The Bertz CT molecular complexity index is 1400. The van der Waals surface area contributed by atoms with Crippen LogP contribution in [0.1, 0.15) is 38.1 Å². The van der Waals surface area contributed by atoms with Gasteiger partial charge in [-0.3, -0.25) is 4.79 Å². The fourth-order valence-corrected chi connectivity index (χ4v) is 6.98. The lowest BCUT2D eigenvalue weighted by atomic mass is 10.2. The van der Waals surface area contributed by atoms with Gasteiger partial charge in [0.2, 0.25) is 10.0 Å². The van der Waals surface area contributed by atoms with Crippen LogP contribution < -0.4 is 9.54 Å². The number of ether oxygens (including phenoxy) is 3. The van der Waals surface area contributed by atoms with E-state index in [1.807, 2.05) is 50.5 Å². The summed E-state index contributed by atoms with van der Waals surface area (Å²) in [6.07, 6.45) is -0.364. The van der Waals surface area contributed by atoms with Gasteiger partial charge in [0.15, 0.2) is 4.80 Å².